The maximum atomic E-state index is 10.6. The van der Waals surface area contributed by atoms with Crippen molar-refractivity contribution in [3.63, 3.8) is 0 Å². The number of unbranched alkanes of at least 4 members (excludes halogenated alkanes) is 1. The zero-order chi connectivity index (χ0) is 10.1. The first kappa shape index (κ1) is 13.9. The third-order valence-electron chi connectivity index (χ3n) is 1.28. The van der Waals surface area contributed by atoms with Gasteiger partial charge in [0.05, 0.1) is 17.7 Å². The number of hydrogen-bond donors (Lipinski definition) is 0. The van der Waals surface area contributed by atoms with Crippen molar-refractivity contribution in [2.45, 2.75) is 20.4 Å². The molecule has 5 heteroatoms. The van der Waals surface area contributed by atoms with Crippen LogP contribution in [-0.4, -0.2) is 23.7 Å². The number of halogens is 2. The van der Waals surface area contributed by atoms with Crippen LogP contribution in [0.25, 0.3) is 0 Å². The number of carbonyl (C=O) groups excluding carboxylic acids is 1. The largest absolute Gasteiger partial charge is 0.463 e. The highest BCUT2D eigenvalue weighted by Gasteiger charge is 1.99. The van der Waals surface area contributed by atoms with Crippen LogP contribution in [0.5, 0.6) is 0 Å². The molecule has 0 aliphatic carbocycles. The molecule has 0 fully saturated rings. The van der Waals surface area contributed by atoms with Crippen LogP contribution in [0.15, 0.2) is 12.7 Å². The molecule has 74 valence electrons. The predicted octanol–water partition coefficient (Wildman–Crippen LogP) is 2.77. The molecule has 0 amide bonds. The Bertz CT molecular complexity index is 162. The molecule has 2 radical (unpaired) electrons. The van der Waals surface area contributed by atoms with Crippen LogP contribution in [0, 0.1) is 0 Å². The molecule has 0 aliphatic rings. The zero-order valence-corrected chi connectivity index (χ0v) is 12.6. The van der Waals surface area contributed by atoms with Crippen molar-refractivity contribution in [3.8, 4) is 0 Å². The van der Waals surface area contributed by atoms with Gasteiger partial charge >= 0.3 is 5.97 Å². The zero-order valence-electron chi connectivity index (χ0n) is 7.26. The predicted molar refractivity (Wildman–Crippen MR) is 72.8 cm³/mol. The third-order valence-corrected chi connectivity index (χ3v) is 4.87. The molecule has 0 N–H and O–H groups in total. The molecule has 0 aromatic rings. The van der Waals surface area contributed by atoms with Crippen LogP contribution < -0.4 is 0 Å². The molecule has 0 aliphatic heterocycles. The van der Waals surface area contributed by atoms with Gasteiger partial charge in [0, 0.05) is 6.08 Å². The Balaban J connectivity index is 3.08. The Hall–Kier alpha value is 0.887. The quantitative estimate of drug-likeness (QED) is 0.158. The van der Waals surface area contributed by atoms with Crippen LogP contribution in [0.3, 0.4) is 0 Å². The maximum Gasteiger partial charge on any atom is 0.330 e. The Kier molecular flexibility index (Phi) is 10.1. The highest BCUT2D eigenvalue weighted by atomic mass is 127. The minimum absolute atomic E-state index is 0.317. The van der Waals surface area contributed by atoms with Gasteiger partial charge < -0.3 is 4.74 Å². The molecule has 2 nitrogen and oxygen atoms in total. The smallest absolute Gasteiger partial charge is 0.330 e. The molecule has 0 spiro atoms. The summed E-state index contributed by atoms with van der Waals surface area (Å²) in [4.78, 5) is 10.6. The van der Waals surface area contributed by atoms with Gasteiger partial charge in [-0.25, -0.2) is 4.79 Å². The monoisotopic (exact) mass is 422 g/mol. The van der Waals surface area contributed by atoms with E-state index in [0.29, 0.717) is 6.61 Å². The van der Waals surface area contributed by atoms with Crippen molar-refractivity contribution in [1.82, 2.24) is 0 Å². The summed E-state index contributed by atoms with van der Waals surface area (Å²) in [5.41, 5.74) is 0. The number of ether oxygens (including phenoxy) is 1. The minimum atomic E-state index is -0.317. The minimum Gasteiger partial charge on any atom is -0.463 e. The van der Waals surface area contributed by atoms with Gasteiger partial charge in [0.25, 0.3) is 0 Å². The van der Waals surface area contributed by atoms with Crippen molar-refractivity contribution >= 4 is 60.7 Å². The molecule has 13 heavy (non-hydrogen) atoms. The molecule has 0 heterocycles. The summed E-state index contributed by atoms with van der Waals surface area (Å²) in [6.45, 7) is 3.85. The van der Waals surface area contributed by atoms with Gasteiger partial charge in [-0.2, -0.15) is 0 Å². The Morgan fingerprint density at radius 1 is 1.54 bits per heavy atom. The molecular weight excluding hydrogens is 410 g/mol. The Morgan fingerprint density at radius 2 is 2.23 bits per heavy atom. The first-order chi connectivity index (χ1) is 6.16. The number of rotatable bonds is 7. The first-order valence-electron chi connectivity index (χ1n) is 3.97. The fraction of sp³-hybridized carbons (Fsp3) is 0.625. The highest BCUT2D eigenvalue weighted by Crippen LogP contribution is 2.10. The van der Waals surface area contributed by atoms with E-state index in [1.54, 1.807) is 0 Å². The number of carbonyl (C=O) groups is 1. The average Bonchev–Trinajstić information content (AvgIpc) is 2.10. The molecule has 0 aromatic heterocycles. The second-order valence-corrected chi connectivity index (χ2v) is 11.0. The van der Waals surface area contributed by atoms with E-state index >= 15 is 0 Å². The molecule has 0 unspecified atom stereocenters. The van der Waals surface area contributed by atoms with Gasteiger partial charge in [-0.15, -0.1) is 0 Å². The average molecular weight is 422 g/mol. The van der Waals surface area contributed by atoms with E-state index in [4.69, 9.17) is 4.74 Å². The lowest BCUT2D eigenvalue weighted by Gasteiger charge is -2.02. The lowest BCUT2D eigenvalue weighted by Crippen LogP contribution is -2.03. The summed E-state index contributed by atoms with van der Waals surface area (Å²) in [6, 6.07) is 1.24. The van der Waals surface area contributed by atoms with Crippen LogP contribution in [0.1, 0.15) is 12.8 Å². The van der Waals surface area contributed by atoms with Crippen LogP contribution in [0.2, 0.25) is 6.04 Å². The van der Waals surface area contributed by atoms with Crippen molar-refractivity contribution in [2.24, 2.45) is 0 Å². The molecule has 0 rings (SSSR count). The van der Waals surface area contributed by atoms with E-state index in [9.17, 15) is 4.79 Å². The summed E-state index contributed by atoms with van der Waals surface area (Å²) < 4.78 is 5.58. The second kappa shape index (κ2) is 9.44. The molecule has 0 bridgehead atoms. The third kappa shape index (κ3) is 10.8. The summed E-state index contributed by atoms with van der Waals surface area (Å²) in [7, 11) is 1.01. The van der Waals surface area contributed by atoms with Gasteiger partial charge in [0.1, 0.15) is 0 Å². The Labute approximate surface area is 109 Å². The Morgan fingerprint density at radius 3 is 2.77 bits per heavy atom. The maximum absolute atomic E-state index is 10.6. The SMILES string of the molecule is C=CC(=O)OCCCC[Si]C(I)I. The van der Waals surface area contributed by atoms with Crippen LogP contribution in [-0.2, 0) is 9.53 Å². The number of hydrogen-bond acceptors (Lipinski definition) is 2. The number of alkyl halides is 2. The van der Waals surface area contributed by atoms with E-state index in [-0.39, 0.29) is 5.97 Å². The van der Waals surface area contributed by atoms with Crippen molar-refractivity contribution < 1.29 is 9.53 Å². The van der Waals surface area contributed by atoms with Crippen molar-refractivity contribution in [2.75, 3.05) is 6.61 Å². The fourth-order valence-corrected chi connectivity index (χ4v) is 3.21. The number of esters is 1. The van der Waals surface area contributed by atoms with Gasteiger partial charge in [-0.3, -0.25) is 0 Å². The molecule has 0 atom stereocenters. The fourth-order valence-electron chi connectivity index (χ4n) is 0.670. The normalized spacial score (nSPS) is 10.1. The van der Waals surface area contributed by atoms with Gasteiger partial charge in [-0.05, 0) is 6.42 Å². The van der Waals surface area contributed by atoms with Crippen molar-refractivity contribution in [3.05, 3.63) is 12.7 Å². The highest BCUT2D eigenvalue weighted by molar-refractivity contribution is 14.2. The summed E-state index contributed by atoms with van der Waals surface area (Å²) in [5.74, 6) is -0.317. The molecule has 0 aromatic carbocycles. The van der Waals surface area contributed by atoms with Crippen LogP contribution in [0.4, 0.5) is 0 Å². The van der Waals surface area contributed by atoms with E-state index in [1.165, 1.54) is 12.1 Å². The van der Waals surface area contributed by atoms with Gasteiger partial charge in [-0.1, -0.05) is 64.2 Å². The lowest BCUT2D eigenvalue weighted by molar-refractivity contribution is -0.137. The molecule has 0 saturated carbocycles. The topological polar surface area (TPSA) is 26.3 Å². The van der Waals surface area contributed by atoms with Crippen LogP contribution >= 0.6 is 45.2 Å². The summed E-state index contributed by atoms with van der Waals surface area (Å²) in [6.07, 6.45) is 3.31. The lowest BCUT2D eigenvalue weighted by atomic mass is 10.4. The van der Waals surface area contributed by atoms with E-state index in [1.807, 2.05) is 0 Å². The van der Waals surface area contributed by atoms with E-state index < -0.39 is 0 Å². The van der Waals surface area contributed by atoms with Gasteiger partial charge in [0.15, 0.2) is 0 Å². The summed E-state index contributed by atoms with van der Waals surface area (Å²) in [5, 5.41) is 0. The van der Waals surface area contributed by atoms with E-state index in [2.05, 4.69) is 51.8 Å². The molecular formula is C8H12I2O2Si. The van der Waals surface area contributed by atoms with Gasteiger partial charge in [0.2, 0.25) is 0 Å². The summed E-state index contributed by atoms with van der Waals surface area (Å²) >= 11 is 4.84. The standard InChI is InChI=1S/C8H12I2O2Si/c1-2-7(11)12-5-3-4-6-13-8(9)10/h2,8H,1,3-6H2. The van der Waals surface area contributed by atoms with E-state index in [0.717, 1.165) is 23.9 Å². The first-order valence-corrected chi connectivity index (χ1v) is 7.75. The molecule has 0 saturated heterocycles. The second-order valence-electron chi connectivity index (χ2n) is 2.33. The van der Waals surface area contributed by atoms with Crippen molar-refractivity contribution in [1.29, 1.82) is 0 Å².